The van der Waals surface area contributed by atoms with Crippen LogP contribution in [0, 0.1) is 12.3 Å². The molecule has 4 heteroatoms. The van der Waals surface area contributed by atoms with Crippen molar-refractivity contribution in [1.29, 1.82) is 0 Å². The zero-order valence-corrected chi connectivity index (χ0v) is 9.66. The highest BCUT2D eigenvalue weighted by molar-refractivity contribution is 6.36. The molecule has 1 aromatic heterocycles. The van der Waals surface area contributed by atoms with Gasteiger partial charge in [-0.1, -0.05) is 29.8 Å². The molecule has 1 heterocycles. The first-order chi connectivity index (χ1) is 8.24. The Balaban J connectivity index is 2.49. The van der Waals surface area contributed by atoms with E-state index in [0.717, 1.165) is 0 Å². The van der Waals surface area contributed by atoms with Crippen LogP contribution in [-0.2, 0) is 0 Å². The van der Waals surface area contributed by atoms with Gasteiger partial charge in [0.05, 0.1) is 5.39 Å². The molecular weight excluding hydrogens is 240 g/mol. The molecule has 0 amide bonds. The molecule has 0 spiro atoms. The molecule has 17 heavy (non-hydrogen) atoms. The van der Waals surface area contributed by atoms with Crippen molar-refractivity contribution in [1.82, 2.24) is 0 Å². The van der Waals surface area contributed by atoms with Gasteiger partial charge < -0.3 is 9.15 Å². The zero-order chi connectivity index (χ0) is 12.3. The largest absolute Gasteiger partial charge is 0.463 e. The molecule has 0 saturated heterocycles. The number of ether oxygens (including phenoxy) is 1. The molecule has 0 aliphatic heterocycles. The molecule has 86 valence electrons. The Morgan fingerprint density at radius 1 is 1.35 bits per heavy atom. The molecule has 1 aromatic carbocycles. The summed E-state index contributed by atoms with van der Waals surface area (Å²) in [5.41, 5.74) is -0.472. The van der Waals surface area contributed by atoms with E-state index in [4.69, 9.17) is 27.2 Å². The summed E-state index contributed by atoms with van der Waals surface area (Å²) in [7, 11) is 0. The Kier molecular flexibility index (Phi) is 3.36. The van der Waals surface area contributed by atoms with E-state index in [2.05, 4.69) is 5.92 Å². The van der Waals surface area contributed by atoms with Crippen LogP contribution in [0.15, 0.2) is 33.5 Å². The average Bonchev–Trinajstić information content (AvgIpc) is 2.36. The van der Waals surface area contributed by atoms with Gasteiger partial charge in [0, 0.05) is 11.8 Å². The minimum absolute atomic E-state index is 0.0191. The van der Waals surface area contributed by atoms with E-state index >= 15 is 0 Å². The Morgan fingerprint density at radius 3 is 2.76 bits per heavy atom. The van der Waals surface area contributed by atoms with Gasteiger partial charge in [0.1, 0.15) is 11.6 Å². The number of terminal acetylenes is 1. The molecule has 0 fully saturated rings. The first kappa shape index (κ1) is 11.6. The Bertz CT molecular complexity index is 637. The van der Waals surface area contributed by atoms with E-state index in [-0.39, 0.29) is 17.6 Å². The minimum Gasteiger partial charge on any atom is -0.463 e. The van der Waals surface area contributed by atoms with Crippen molar-refractivity contribution in [2.45, 2.75) is 6.42 Å². The third-order valence-electron chi connectivity index (χ3n) is 2.23. The second-order valence-corrected chi connectivity index (χ2v) is 3.72. The molecule has 0 saturated carbocycles. The summed E-state index contributed by atoms with van der Waals surface area (Å²) in [4.78, 5) is 11.6. The van der Waals surface area contributed by atoms with Crippen molar-refractivity contribution in [3.05, 3.63) is 39.7 Å². The van der Waals surface area contributed by atoms with E-state index in [0.29, 0.717) is 17.2 Å². The fraction of sp³-hybridized carbons (Fsp3) is 0.154. The highest BCUT2D eigenvalue weighted by Gasteiger charge is 2.12. The van der Waals surface area contributed by atoms with Crippen LogP contribution >= 0.6 is 11.6 Å². The lowest BCUT2D eigenvalue weighted by Gasteiger charge is -2.06. The predicted octanol–water partition coefficient (Wildman–Crippen LogP) is 2.85. The molecule has 0 N–H and O–H groups in total. The molecule has 0 atom stereocenters. The summed E-state index contributed by atoms with van der Waals surface area (Å²) in [5.74, 6) is 2.44. The van der Waals surface area contributed by atoms with Crippen LogP contribution < -0.4 is 10.4 Å². The number of hydrogen-bond donors (Lipinski definition) is 0. The monoisotopic (exact) mass is 248 g/mol. The first-order valence-corrected chi connectivity index (χ1v) is 5.39. The van der Waals surface area contributed by atoms with Crippen LogP contribution in [0.3, 0.4) is 0 Å². The predicted molar refractivity (Wildman–Crippen MR) is 66.4 cm³/mol. The number of rotatable bonds is 3. The smallest absolute Gasteiger partial charge is 0.346 e. The number of hydrogen-bond acceptors (Lipinski definition) is 3. The summed E-state index contributed by atoms with van der Waals surface area (Å²) in [6.45, 7) is 0.261. The van der Waals surface area contributed by atoms with Gasteiger partial charge in [-0.25, -0.2) is 4.79 Å². The average molecular weight is 249 g/mol. The molecule has 0 aliphatic carbocycles. The van der Waals surface area contributed by atoms with Crippen molar-refractivity contribution in [2.24, 2.45) is 0 Å². The maximum Gasteiger partial charge on any atom is 0.346 e. The zero-order valence-electron chi connectivity index (χ0n) is 8.90. The molecular formula is C13H9ClO3. The van der Waals surface area contributed by atoms with Gasteiger partial charge in [0.25, 0.3) is 0 Å². The molecule has 0 unspecified atom stereocenters. The summed E-state index contributed by atoms with van der Waals surface area (Å²) < 4.78 is 10.2. The summed E-state index contributed by atoms with van der Waals surface area (Å²) in [6.07, 6.45) is 5.52. The van der Waals surface area contributed by atoms with Crippen LogP contribution in [0.25, 0.3) is 10.8 Å². The SMILES string of the molecule is C#CCCOc1oc(=O)c2ccccc2c1Cl. The van der Waals surface area contributed by atoms with Gasteiger partial charge in [0.15, 0.2) is 0 Å². The van der Waals surface area contributed by atoms with Crippen LogP contribution in [0.5, 0.6) is 5.95 Å². The summed E-state index contributed by atoms with van der Waals surface area (Å²) in [6, 6.07) is 6.92. The van der Waals surface area contributed by atoms with Gasteiger partial charge in [-0.3, -0.25) is 0 Å². The van der Waals surface area contributed by atoms with Gasteiger partial charge in [-0.05, 0) is 6.07 Å². The quantitative estimate of drug-likeness (QED) is 0.619. The van der Waals surface area contributed by atoms with E-state index < -0.39 is 5.63 Å². The van der Waals surface area contributed by atoms with Crippen LogP contribution in [0.1, 0.15) is 6.42 Å². The second kappa shape index (κ2) is 4.94. The van der Waals surface area contributed by atoms with Gasteiger partial charge >= 0.3 is 11.6 Å². The Labute approximate surface area is 103 Å². The second-order valence-electron chi connectivity index (χ2n) is 3.34. The molecule has 3 nitrogen and oxygen atoms in total. The van der Waals surface area contributed by atoms with E-state index in [1.807, 2.05) is 0 Å². The topological polar surface area (TPSA) is 39.4 Å². The maximum atomic E-state index is 11.6. The summed E-state index contributed by atoms with van der Waals surface area (Å²) >= 11 is 6.08. The molecule has 0 radical (unpaired) electrons. The van der Waals surface area contributed by atoms with Crippen molar-refractivity contribution in [3.63, 3.8) is 0 Å². The summed E-state index contributed by atoms with van der Waals surface area (Å²) in [5, 5.41) is 1.33. The lowest BCUT2D eigenvalue weighted by molar-refractivity contribution is 0.238. The lowest BCUT2D eigenvalue weighted by Crippen LogP contribution is -2.04. The maximum absolute atomic E-state index is 11.6. The van der Waals surface area contributed by atoms with E-state index in [1.54, 1.807) is 24.3 Å². The third-order valence-corrected chi connectivity index (χ3v) is 2.59. The lowest BCUT2D eigenvalue weighted by atomic mass is 10.2. The number of fused-ring (bicyclic) bond motifs is 1. The molecule has 0 aliphatic rings. The number of benzene rings is 1. The van der Waals surface area contributed by atoms with Crippen molar-refractivity contribution >= 4 is 22.4 Å². The van der Waals surface area contributed by atoms with Gasteiger partial charge in [-0.15, -0.1) is 12.3 Å². The third kappa shape index (κ3) is 2.27. The highest BCUT2D eigenvalue weighted by atomic mass is 35.5. The molecule has 2 aromatic rings. The minimum atomic E-state index is -0.472. The fourth-order valence-electron chi connectivity index (χ4n) is 1.44. The standard InChI is InChI=1S/C13H9ClO3/c1-2-3-8-16-13-11(14)9-6-4-5-7-10(9)12(15)17-13/h1,4-7H,3,8H2. The van der Waals surface area contributed by atoms with Gasteiger partial charge in [-0.2, -0.15) is 0 Å². The van der Waals surface area contributed by atoms with Crippen molar-refractivity contribution in [3.8, 4) is 18.3 Å². The molecule has 2 rings (SSSR count). The Morgan fingerprint density at radius 2 is 2.06 bits per heavy atom. The van der Waals surface area contributed by atoms with Crippen molar-refractivity contribution < 1.29 is 9.15 Å². The fourth-order valence-corrected chi connectivity index (χ4v) is 1.70. The molecule has 0 bridgehead atoms. The van der Waals surface area contributed by atoms with Crippen LogP contribution in [0.2, 0.25) is 5.02 Å². The Hall–Kier alpha value is -1.92. The number of halogens is 1. The first-order valence-electron chi connectivity index (χ1n) is 5.01. The normalized spacial score (nSPS) is 10.1. The highest BCUT2D eigenvalue weighted by Crippen LogP contribution is 2.30. The van der Waals surface area contributed by atoms with Crippen LogP contribution in [0.4, 0.5) is 0 Å². The van der Waals surface area contributed by atoms with E-state index in [1.165, 1.54) is 0 Å². The van der Waals surface area contributed by atoms with Crippen molar-refractivity contribution in [2.75, 3.05) is 6.61 Å². The van der Waals surface area contributed by atoms with E-state index in [9.17, 15) is 4.79 Å². The van der Waals surface area contributed by atoms with Crippen LogP contribution in [-0.4, -0.2) is 6.61 Å². The van der Waals surface area contributed by atoms with Gasteiger partial charge in [0.2, 0.25) is 0 Å².